The third-order valence-corrected chi connectivity index (χ3v) is 5.49. The monoisotopic (exact) mass is 221 g/mol. The molecule has 0 heterocycles. The van der Waals surface area contributed by atoms with Gasteiger partial charge in [0.2, 0.25) is 5.91 Å². The standard InChI is InChI=1S/C14H23NO/c1-14(2)11-6-5-10(12(14)7-11)8-15-13(16)9-3-4-9/h9-12H,3-8H2,1-2H3,(H,15,16)/t10-,11-,12-/m0/s1. The minimum Gasteiger partial charge on any atom is -0.356 e. The molecular weight excluding hydrogens is 198 g/mol. The molecule has 90 valence electrons. The lowest BCUT2D eigenvalue weighted by Gasteiger charge is -2.60. The van der Waals surface area contributed by atoms with E-state index in [0.717, 1.165) is 37.1 Å². The van der Waals surface area contributed by atoms with Crippen molar-refractivity contribution in [3.05, 3.63) is 0 Å². The van der Waals surface area contributed by atoms with Crippen molar-refractivity contribution in [3.8, 4) is 0 Å². The maximum atomic E-state index is 11.6. The highest BCUT2D eigenvalue weighted by molar-refractivity contribution is 5.80. The molecule has 0 aromatic heterocycles. The first-order valence-corrected chi connectivity index (χ1v) is 6.86. The van der Waals surface area contributed by atoms with Crippen LogP contribution in [0.25, 0.3) is 0 Å². The van der Waals surface area contributed by atoms with Gasteiger partial charge in [-0.25, -0.2) is 0 Å². The van der Waals surface area contributed by atoms with Crippen LogP contribution in [-0.4, -0.2) is 12.5 Å². The fourth-order valence-corrected chi connectivity index (χ4v) is 3.93. The molecule has 4 aliphatic carbocycles. The number of hydrogen-bond donors (Lipinski definition) is 1. The lowest BCUT2D eigenvalue weighted by Crippen LogP contribution is -2.54. The Hall–Kier alpha value is -0.530. The molecule has 4 saturated carbocycles. The Morgan fingerprint density at radius 1 is 1.25 bits per heavy atom. The van der Waals surface area contributed by atoms with Crippen LogP contribution in [0.5, 0.6) is 0 Å². The molecule has 1 amide bonds. The largest absolute Gasteiger partial charge is 0.356 e. The lowest BCUT2D eigenvalue weighted by molar-refractivity contribution is -0.125. The van der Waals surface area contributed by atoms with Crippen LogP contribution >= 0.6 is 0 Å². The zero-order valence-corrected chi connectivity index (χ0v) is 10.5. The van der Waals surface area contributed by atoms with Crippen molar-refractivity contribution in [2.45, 2.75) is 46.0 Å². The molecule has 2 nitrogen and oxygen atoms in total. The molecule has 3 atom stereocenters. The van der Waals surface area contributed by atoms with Crippen LogP contribution in [-0.2, 0) is 4.79 Å². The quantitative estimate of drug-likeness (QED) is 0.779. The molecule has 0 saturated heterocycles. The van der Waals surface area contributed by atoms with Crippen LogP contribution in [0.3, 0.4) is 0 Å². The van der Waals surface area contributed by atoms with Gasteiger partial charge < -0.3 is 5.32 Å². The van der Waals surface area contributed by atoms with Gasteiger partial charge in [0.1, 0.15) is 0 Å². The second-order valence-electron chi connectivity index (χ2n) is 6.72. The molecular formula is C14H23NO. The molecule has 0 unspecified atom stereocenters. The van der Waals surface area contributed by atoms with Gasteiger partial charge >= 0.3 is 0 Å². The van der Waals surface area contributed by atoms with E-state index in [1.807, 2.05) is 0 Å². The summed E-state index contributed by atoms with van der Waals surface area (Å²) in [5.74, 6) is 3.27. The number of fused-ring (bicyclic) bond motifs is 2. The van der Waals surface area contributed by atoms with Crippen molar-refractivity contribution in [3.63, 3.8) is 0 Å². The first kappa shape index (κ1) is 10.6. The SMILES string of the molecule is CC1(C)[C@H]2CC[C@@H](CNC(=O)C3CC3)[C@@H]1C2. The Bertz CT molecular complexity index is 304. The van der Waals surface area contributed by atoms with Gasteiger partial charge in [0.15, 0.2) is 0 Å². The number of rotatable bonds is 3. The molecule has 4 aliphatic rings. The van der Waals surface area contributed by atoms with E-state index >= 15 is 0 Å². The van der Waals surface area contributed by atoms with Crippen LogP contribution in [0.1, 0.15) is 46.0 Å². The zero-order valence-electron chi connectivity index (χ0n) is 10.5. The van der Waals surface area contributed by atoms with E-state index in [-0.39, 0.29) is 0 Å². The van der Waals surface area contributed by atoms with E-state index in [9.17, 15) is 4.79 Å². The summed E-state index contributed by atoms with van der Waals surface area (Å²) in [6.45, 7) is 5.78. The third kappa shape index (κ3) is 1.57. The summed E-state index contributed by atoms with van der Waals surface area (Å²) in [5, 5.41) is 3.17. The highest BCUT2D eigenvalue weighted by Crippen LogP contribution is 2.61. The van der Waals surface area contributed by atoms with Crippen LogP contribution < -0.4 is 5.32 Å². The maximum Gasteiger partial charge on any atom is 0.223 e. The molecule has 4 fully saturated rings. The van der Waals surface area contributed by atoms with Crippen LogP contribution in [0.2, 0.25) is 0 Å². The Morgan fingerprint density at radius 3 is 2.56 bits per heavy atom. The van der Waals surface area contributed by atoms with Crippen LogP contribution in [0.4, 0.5) is 0 Å². The molecule has 0 aliphatic heterocycles. The molecule has 4 rings (SSSR count). The highest BCUT2D eigenvalue weighted by atomic mass is 16.2. The van der Waals surface area contributed by atoms with Crippen molar-refractivity contribution in [1.29, 1.82) is 0 Å². The average Bonchev–Trinajstić information content (AvgIpc) is 3.09. The maximum absolute atomic E-state index is 11.6. The van der Waals surface area contributed by atoms with E-state index in [1.54, 1.807) is 0 Å². The van der Waals surface area contributed by atoms with E-state index < -0.39 is 0 Å². The molecule has 0 spiro atoms. The van der Waals surface area contributed by atoms with Gasteiger partial charge in [-0.05, 0) is 55.3 Å². The molecule has 0 radical (unpaired) electrons. The fourth-order valence-electron chi connectivity index (χ4n) is 3.93. The van der Waals surface area contributed by atoms with Crippen LogP contribution in [0, 0.1) is 29.1 Å². The second kappa shape index (κ2) is 3.48. The number of amides is 1. The summed E-state index contributed by atoms with van der Waals surface area (Å²) in [4.78, 5) is 11.6. The predicted octanol–water partition coefficient (Wildman–Crippen LogP) is 2.58. The lowest BCUT2D eigenvalue weighted by atomic mass is 9.45. The van der Waals surface area contributed by atoms with Crippen molar-refractivity contribution in [1.82, 2.24) is 5.32 Å². The molecule has 2 bridgehead atoms. The summed E-state index contributed by atoms with van der Waals surface area (Å²) in [6, 6.07) is 0. The molecule has 1 N–H and O–H groups in total. The average molecular weight is 221 g/mol. The van der Waals surface area contributed by atoms with E-state index in [4.69, 9.17) is 0 Å². The number of hydrogen-bond acceptors (Lipinski definition) is 1. The normalized spacial score (nSPS) is 40.0. The van der Waals surface area contributed by atoms with Crippen LogP contribution in [0.15, 0.2) is 0 Å². The van der Waals surface area contributed by atoms with Gasteiger partial charge in [-0.2, -0.15) is 0 Å². The smallest absolute Gasteiger partial charge is 0.223 e. The number of nitrogens with one attached hydrogen (secondary N) is 1. The first-order valence-electron chi connectivity index (χ1n) is 6.86. The third-order valence-electron chi connectivity index (χ3n) is 5.49. The van der Waals surface area contributed by atoms with Gasteiger partial charge in [0, 0.05) is 12.5 Å². The minimum atomic E-state index is 0.319. The van der Waals surface area contributed by atoms with Crippen molar-refractivity contribution >= 4 is 5.91 Å². The summed E-state index contributed by atoms with van der Waals surface area (Å²) in [6.07, 6.45) is 6.37. The fraction of sp³-hybridized carbons (Fsp3) is 0.929. The van der Waals surface area contributed by atoms with E-state index in [0.29, 0.717) is 17.2 Å². The number of carbonyl (C=O) groups excluding carboxylic acids is 1. The Balaban J connectivity index is 1.53. The van der Waals surface area contributed by atoms with Crippen molar-refractivity contribution in [2.75, 3.05) is 6.54 Å². The van der Waals surface area contributed by atoms with Gasteiger partial charge in [0.25, 0.3) is 0 Å². The Morgan fingerprint density at radius 2 is 2.00 bits per heavy atom. The second-order valence-corrected chi connectivity index (χ2v) is 6.72. The molecule has 0 aromatic carbocycles. The Labute approximate surface area is 98.2 Å². The molecule has 16 heavy (non-hydrogen) atoms. The van der Waals surface area contributed by atoms with Gasteiger partial charge in [-0.3, -0.25) is 4.79 Å². The van der Waals surface area contributed by atoms with Gasteiger partial charge in [-0.1, -0.05) is 13.8 Å². The molecule has 0 aromatic rings. The minimum absolute atomic E-state index is 0.319. The van der Waals surface area contributed by atoms with E-state index in [2.05, 4.69) is 19.2 Å². The van der Waals surface area contributed by atoms with Crippen molar-refractivity contribution in [2.24, 2.45) is 29.1 Å². The first-order chi connectivity index (χ1) is 7.59. The molecule has 2 heteroatoms. The number of carbonyl (C=O) groups is 1. The summed E-state index contributed by atoms with van der Waals surface area (Å²) < 4.78 is 0. The van der Waals surface area contributed by atoms with Gasteiger partial charge in [0.05, 0.1) is 0 Å². The predicted molar refractivity (Wildman–Crippen MR) is 63.8 cm³/mol. The van der Waals surface area contributed by atoms with E-state index in [1.165, 1.54) is 19.3 Å². The summed E-state index contributed by atoms with van der Waals surface area (Å²) in [5.41, 5.74) is 0.549. The zero-order chi connectivity index (χ0) is 11.3. The topological polar surface area (TPSA) is 29.1 Å². The summed E-state index contributed by atoms with van der Waals surface area (Å²) >= 11 is 0. The highest BCUT2D eigenvalue weighted by Gasteiger charge is 2.54. The van der Waals surface area contributed by atoms with Crippen molar-refractivity contribution < 1.29 is 4.79 Å². The van der Waals surface area contributed by atoms with Gasteiger partial charge in [-0.15, -0.1) is 0 Å². The summed E-state index contributed by atoms with van der Waals surface area (Å²) in [7, 11) is 0. The Kier molecular flexibility index (Phi) is 2.31.